The van der Waals surface area contributed by atoms with Crippen molar-refractivity contribution in [2.45, 2.75) is 31.5 Å². The molecule has 1 amide bonds. The van der Waals surface area contributed by atoms with Crippen molar-refractivity contribution in [1.29, 1.82) is 0 Å². The molecule has 0 aliphatic heterocycles. The van der Waals surface area contributed by atoms with Gasteiger partial charge in [0, 0.05) is 6.04 Å². The van der Waals surface area contributed by atoms with Gasteiger partial charge < -0.3 is 15.8 Å². The lowest BCUT2D eigenvalue weighted by Crippen LogP contribution is -2.47. The first-order valence-electron chi connectivity index (χ1n) is 5.93. The first kappa shape index (κ1) is 12.6. The number of nitrogens with one attached hydrogen (secondary N) is 1. The van der Waals surface area contributed by atoms with Gasteiger partial charge >= 0.3 is 5.97 Å². The Morgan fingerprint density at radius 3 is 2.61 bits per heavy atom. The second-order valence-corrected chi connectivity index (χ2v) is 4.35. The van der Waals surface area contributed by atoms with E-state index in [2.05, 4.69) is 5.32 Å². The summed E-state index contributed by atoms with van der Waals surface area (Å²) in [5, 5.41) is 2.67. The summed E-state index contributed by atoms with van der Waals surface area (Å²) in [5.41, 5.74) is 6.38. The van der Waals surface area contributed by atoms with Crippen molar-refractivity contribution in [3.8, 4) is 0 Å². The van der Waals surface area contributed by atoms with Crippen LogP contribution < -0.4 is 11.1 Å². The fourth-order valence-corrected chi connectivity index (χ4v) is 1.44. The molecule has 1 aromatic rings. The Bertz CT molecular complexity index is 429. The van der Waals surface area contributed by atoms with Gasteiger partial charge in [0.05, 0.1) is 0 Å². The maximum Gasteiger partial charge on any atom is 0.333 e. The Morgan fingerprint density at radius 1 is 1.33 bits per heavy atom. The zero-order chi connectivity index (χ0) is 13.0. The molecule has 2 rings (SSSR count). The number of esters is 1. The van der Waals surface area contributed by atoms with Crippen LogP contribution in [0.25, 0.3) is 0 Å². The third kappa shape index (κ3) is 3.56. The molecule has 1 saturated carbocycles. The number of hydrogen-bond donors (Lipinski definition) is 2. The zero-order valence-corrected chi connectivity index (χ0v) is 9.96. The highest BCUT2D eigenvalue weighted by Crippen LogP contribution is 2.18. The topological polar surface area (TPSA) is 81.4 Å². The summed E-state index contributed by atoms with van der Waals surface area (Å²) in [6.45, 7) is 0.129. The molecule has 1 unspecified atom stereocenters. The highest BCUT2D eigenvalue weighted by Gasteiger charge is 2.29. The lowest BCUT2D eigenvalue weighted by molar-refractivity contribution is -0.149. The van der Waals surface area contributed by atoms with E-state index in [4.69, 9.17) is 10.5 Å². The molecular weight excluding hydrogens is 232 g/mol. The highest BCUT2D eigenvalue weighted by molar-refractivity contribution is 6.01. The van der Waals surface area contributed by atoms with Gasteiger partial charge in [-0.3, -0.25) is 4.79 Å². The normalized spacial score (nSPS) is 15.8. The first-order chi connectivity index (χ1) is 8.66. The van der Waals surface area contributed by atoms with Crippen LogP contribution in [0.2, 0.25) is 0 Å². The predicted octanol–water partition coefficient (Wildman–Crippen LogP) is 0.336. The number of benzene rings is 1. The van der Waals surface area contributed by atoms with Gasteiger partial charge in [0.1, 0.15) is 6.61 Å². The van der Waals surface area contributed by atoms with Gasteiger partial charge in [0.25, 0.3) is 0 Å². The van der Waals surface area contributed by atoms with Crippen LogP contribution in [-0.4, -0.2) is 24.0 Å². The van der Waals surface area contributed by atoms with Gasteiger partial charge in [-0.2, -0.15) is 0 Å². The molecule has 5 heteroatoms. The Labute approximate surface area is 105 Å². The van der Waals surface area contributed by atoms with Gasteiger partial charge in [0.2, 0.25) is 5.91 Å². The number of carbonyl (C=O) groups is 2. The van der Waals surface area contributed by atoms with Crippen molar-refractivity contribution in [2.24, 2.45) is 5.73 Å². The maximum atomic E-state index is 11.6. The summed E-state index contributed by atoms with van der Waals surface area (Å²) in [5.74, 6) is -1.16. The molecular formula is C13H16N2O3. The standard InChI is InChI=1S/C13H16N2O3/c14-11(12(16)15-10-6-7-10)13(17)18-8-9-4-2-1-3-5-9/h1-5,10-11H,6-8,14H2,(H,15,16). The molecule has 0 radical (unpaired) electrons. The van der Waals surface area contributed by atoms with Crippen LogP contribution in [0, 0.1) is 0 Å². The number of amides is 1. The molecule has 0 heterocycles. The van der Waals surface area contributed by atoms with Crippen LogP contribution in [0.15, 0.2) is 30.3 Å². The van der Waals surface area contributed by atoms with Crippen molar-refractivity contribution >= 4 is 11.9 Å². The Morgan fingerprint density at radius 2 is 2.00 bits per heavy atom. The van der Waals surface area contributed by atoms with Gasteiger partial charge in [-0.05, 0) is 18.4 Å². The van der Waals surface area contributed by atoms with Crippen LogP contribution >= 0.6 is 0 Å². The largest absolute Gasteiger partial charge is 0.459 e. The van der Waals surface area contributed by atoms with Crippen LogP contribution in [0.3, 0.4) is 0 Å². The minimum atomic E-state index is -1.24. The summed E-state index contributed by atoms with van der Waals surface area (Å²) in [7, 11) is 0. The third-order valence-electron chi connectivity index (χ3n) is 2.68. The lowest BCUT2D eigenvalue weighted by atomic mass is 10.2. The third-order valence-corrected chi connectivity index (χ3v) is 2.68. The van der Waals surface area contributed by atoms with Crippen LogP contribution in [-0.2, 0) is 20.9 Å². The van der Waals surface area contributed by atoms with E-state index in [1.54, 1.807) is 0 Å². The fourth-order valence-electron chi connectivity index (χ4n) is 1.44. The van der Waals surface area contributed by atoms with E-state index in [-0.39, 0.29) is 12.6 Å². The second-order valence-electron chi connectivity index (χ2n) is 4.35. The second kappa shape index (κ2) is 5.64. The van der Waals surface area contributed by atoms with Crippen molar-refractivity contribution < 1.29 is 14.3 Å². The minimum Gasteiger partial charge on any atom is -0.459 e. The average molecular weight is 248 g/mol. The zero-order valence-electron chi connectivity index (χ0n) is 9.96. The molecule has 0 aromatic heterocycles. The molecule has 1 fully saturated rings. The van der Waals surface area contributed by atoms with E-state index in [1.807, 2.05) is 30.3 Å². The quantitative estimate of drug-likeness (QED) is 0.581. The summed E-state index contributed by atoms with van der Waals surface area (Å²) in [4.78, 5) is 23.1. The Hall–Kier alpha value is -1.88. The van der Waals surface area contributed by atoms with Crippen LogP contribution in [0.4, 0.5) is 0 Å². The van der Waals surface area contributed by atoms with Crippen molar-refractivity contribution in [2.75, 3.05) is 0 Å². The number of rotatable bonds is 5. The molecule has 96 valence electrons. The Kier molecular flexibility index (Phi) is 3.94. The molecule has 0 bridgehead atoms. The first-order valence-corrected chi connectivity index (χ1v) is 5.93. The van der Waals surface area contributed by atoms with Crippen molar-refractivity contribution in [3.63, 3.8) is 0 Å². The lowest BCUT2D eigenvalue weighted by Gasteiger charge is -2.11. The molecule has 18 heavy (non-hydrogen) atoms. The molecule has 5 nitrogen and oxygen atoms in total. The van der Waals surface area contributed by atoms with E-state index < -0.39 is 17.9 Å². The summed E-state index contributed by atoms with van der Waals surface area (Å²) >= 11 is 0. The molecule has 0 saturated heterocycles. The van der Waals surface area contributed by atoms with E-state index >= 15 is 0 Å². The molecule has 1 aromatic carbocycles. The fraction of sp³-hybridized carbons (Fsp3) is 0.385. The van der Waals surface area contributed by atoms with E-state index in [9.17, 15) is 9.59 Å². The van der Waals surface area contributed by atoms with Gasteiger partial charge in [-0.1, -0.05) is 30.3 Å². The van der Waals surface area contributed by atoms with E-state index in [0.29, 0.717) is 0 Å². The average Bonchev–Trinajstić information content (AvgIpc) is 3.20. The van der Waals surface area contributed by atoms with Crippen LogP contribution in [0.5, 0.6) is 0 Å². The number of ether oxygens (including phenoxy) is 1. The molecule has 1 atom stereocenters. The van der Waals surface area contributed by atoms with Crippen molar-refractivity contribution in [1.82, 2.24) is 5.32 Å². The minimum absolute atomic E-state index is 0.129. The molecule has 1 aliphatic rings. The highest BCUT2D eigenvalue weighted by atomic mass is 16.5. The van der Waals surface area contributed by atoms with Crippen LogP contribution in [0.1, 0.15) is 18.4 Å². The predicted molar refractivity (Wildman–Crippen MR) is 65.4 cm³/mol. The number of carbonyl (C=O) groups excluding carboxylic acids is 2. The number of nitrogens with two attached hydrogens (primary N) is 1. The van der Waals surface area contributed by atoms with Gasteiger partial charge in [0.15, 0.2) is 6.04 Å². The van der Waals surface area contributed by atoms with Gasteiger partial charge in [-0.15, -0.1) is 0 Å². The summed E-state index contributed by atoms with van der Waals surface area (Å²) < 4.78 is 4.99. The monoisotopic (exact) mass is 248 g/mol. The molecule has 3 N–H and O–H groups in total. The number of hydrogen-bond acceptors (Lipinski definition) is 4. The smallest absolute Gasteiger partial charge is 0.333 e. The summed E-state index contributed by atoms with van der Waals surface area (Å²) in [6, 6.07) is 8.19. The van der Waals surface area contributed by atoms with Crippen molar-refractivity contribution in [3.05, 3.63) is 35.9 Å². The molecule has 0 spiro atoms. The maximum absolute atomic E-state index is 11.6. The van der Waals surface area contributed by atoms with E-state index in [0.717, 1.165) is 18.4 Å². The summed E-state index contributed by atoms with van der Waals surface area (Å²) in [6.07, 6.45) is 1.91. The van der Waals surface area contributed by atoms with Gasteiger partial charge in [-0.25, -0.2) is 4.79 Å². The Balaban J connectivity index is 1.78. The SMILES string of the molecule is NC(C(=O)NC1CC1)C(=O)OCc1ccccc1. The van der Waals surface area contributed by atoms with E-state index in [1.165, 1.54) is 0 Å². The molecule has 1 aliphatic carbocycles.